The average molecular weight is 588 g/mol. The third kappa shape index (κ3) is 5.43. The standard InChI is InChI=1S/C19H14I2N2O4/c1-26-17-15(20)8-11(9-16(17)21)7-13(10-22)18(24)23-14-5-3-12(4-6-14)19(25)27-2/h3-9H,1-2H3,(H,23,24)/b13-7+. The molecule has 0 atom stereocenters. The minimum Gasteiger partial charge on any atom is -0.495 e. The minimum absolute atomic E-state index is 0.0381. The number of methoxy groups -OCH3 is 2. The number of esters is 1. The normalized spacial score (nSPS) is 10.7. The summed E-state index contributed by atoms with van der Waals surface area (Å²) in [6, 6.07) is 11.8. The third-order valence-electron chi connectivity index (χ3n) is 3.46. The van der Waals surface area contributed by atoms with Crippen LogP contribution in [-0.2, 0) is 9.53 Å². The number of benzene rings is 2. The lowest BCUT2D eigenvalue weighted by atomic mass is 10.1. The fraction of sp³-hybridized carbons (Fsp3) is 0.105. The van der Waals surface area contributed by atoms with Gasteiger partial charge in [0.15, 0.2) is 0 Å². The number of hydrogen-bond donors (Lipinski definition) is 1. The van der Waals surface area contributed by atoms with E-state index in [9.17, 15) is 14.9 Å². The molecular weight excluding hydrogens is 574 g/mol. The second kappa shape index (κ2) is 9.70. The molecule has 2 aromatic carbocycles. The molecule has 0 aromatic heterocycles. The van der Waals surface area contributed by atoms with Gasteiger partial charge in [0.05, 0.1) is 26.9 Å². The minimum atomic E-state index is -0.538. The van der Waals surface area contributed by atoms with Crippen LogP contribution in [0.15, 0.2) is 42.0 Å². The number of nitrogens with one attached hydrogen (secondary N) is 1. The molecule has 0 spiro atoms. The van der Waals surface area contributed by atoms with Crippen molar-refractivity contribution >= 4 is 68.8 Å². The van der Waals surface area contributed by atoms with Crippen molar-refractivity contribution in [2.24, 2.45) is 0 Å². The largest absolute Gasteiger partial charge is 0.495 e. The van der Waals surface area contributed by atoms with Crippen LogP contribution in [0.3, 0.4) is 0 Å². The van der Waals surface area contributed by atoms with E-state index < -0.39 is 11.9 Å². The first kappa shape index (κ1) is 21.2. The van der Waals surface area contributed by atoms with Crippen LogP contribution < -0.4 is 10.1 Å². The number of halogens is 2. The molecule has 27 heavy (non-hydrogen) atoms. The van der Waals surface area contributed by atoms with Gasteiger partial charge in [-0.15, -0.1) is 0 Å². The first-order chi connectivity index (χ1) is 12.9. The molecule has 0 aliphatic carbocycles. The van der Waals surface area contributed by atoms with Gasteiger partial charge in [-0.2, -0.15) is 5.26 Å². The Morgan fingerprint density at radius 3 is 2.19 bits per heavy atom. The molecule has 1 N–H and O–H groups in total. The number of nitriles is 1. The van der Waals surface area contributed by atoms with Gasteiger partial charge in [0.2, 0.25) is 0 Å². The highest BCUT2D eigenvalue weighted by Crippen LogP contribution is 2.29. The predicted octanol–water partition coefficient (Wildman–Crippen LogP) is 4.24. The summed E-state index contributed by atoms with van der Waals surface area (Å²) in [4.78, 5) is 23.8. The van der Waals surface area contributed by atoms with Crippen molar-refractivity contribution in [2.75, 3.05) is 19.5 Å². The Labute approximate surface area is 183 Å². The van der Waals surface area contributed by atoms with Gasteiger partial charge in [-0.1, -0.05) is 0 Å². The van der Waals surface area contributed by atoms with Crippen LogP contribution in [-0.4, -0.2) is 26.1 Å². The summed E-state index contributed by atoms with van der Waals surface area (Å²) in [6.07, 6.45) is 1.52. The van der Waals surface area contributed by atoms with Gasteiger partial charge < -0.3 is 14.8 Å². The van der Waals surface area contributed by atoms with Crippen molar-refractivity contribution in [2.45, 2.75) is 0 Å². The van der Waals surface area contributed by atoms with E-state index in [4.69, 9.17) is 4.74 Å². The van der Waals surface area contributed by atoms with Gasteiger partial charge in [0, 0.05) is 5.69 Å². The predicted molar refractivity (Wildman–Crippen MR) is 118 cm³/mol. The number of carbonyl (C=O) groups excluding carboxylic acids is 2. The lowest BCUT2D eigenvalue weighted by Crippen LogP contribution is -2.13. The van der Waals surface area contributed by atoms with E-state index in [0.717, 1.165) is 18.5 Å². The van der Waals surface area contributed by atoms with Crippen molar-refractivity contribution in [1.82, 2.24) is 0 Å². The molecule has 6 nitrogen and oxygen atoms in total. The van der Waals surface area contributed by atoms with Crippen molar-refractivity contribution in [3.8, 4) is 11.8 Å². The van der Waals surface area contributed by atoms with Crippen molar-refractivity contribution in [1.29, 1.82) is 5.26 Å². The van der Waals surface area contributed by atoms with Crippen LogP contribution in [0.1, 0.15) is 15.9 Å². The Balaban J connectivity index is 2.22. The number of amides is 1. The van der Waals surface area contributed by atoms with Gasteiger partial charge in [0.25, 0.3) is 5.91 Å². The molecule has 8 heteroatoms. The molecule has 0 aliphatic rings. The molecule has 0 fully saturated rings. The second-order valence-corrected chi connectivity index (χ2v) is 7.54. The van der Waals surface area contributed by atoms with E-state index >= 15 is 0 Å². The maximum Gasteiger partial charge on any atom is 0.337 e. The average Bonchev–Trinajstić information content (AvgIpc) is 2.65. The highest BCUT2D eigenvalue weighted by atomic mass is 127. The van der Waals surface area contributed by atoms with Crippen molar-refractivity contribution in [3.63, 3.8) is 0 Å². The Morgan fingerprint density at radius 1 is 1.11 bits per heavy atom. The van der Waals surface area contributed by atoms with Crippen LogP contribution in [0.25, 0.3) is 6.08 Å². The Kier molecular flexibility index (Phi) is 7.61. The molecule has 0 aliphatic heterocycles. The Hall–Kier alpha value is -2.13. The summed E-state index contributed by atoms with van der Waals surface area (Å²) in [5.74, 6) is -0.250. The summed E-state index contributed by atoms with van der Waals surface area (Å²) in [6.45, 7) is 0. The molecular formula is C19H14I2N2O4. The van der Waals surface area contributed by atoms with Gasteiger partial charge >= 0.3 is 5.97 Å². The number of carbonyl (C=O) groups is 2. The SMILES string of the molecule is COC(=O)c1ccc(NC(=O)/C(C#N)=C/c2cc(I)c(OC)c(I)c2)cc1. The quantitative estimate of drug-likeness (QED) is 0.245. The lowest BCUT2D eigenvalue weighted by molar-refractivity contribution is -0.112. The zero-order chi connectivity index (χ0) is 20.0. The molecule has 1 amide bonds. The number of rotatable bonds is 5. The second-order valence-electron chi connectivity index (χ2n) is 5.21. The van der Waals surface area contributed by atoms with Gasteiger partial charge in [0.1, 0.15) is 17.4 Å². The monoisotopic (exact) mass is 588 g/mol. The highest BCUT2D eigenvalue weighted by Gasteiger charge is 2.12. The lowest BCUT2D eigenvalue weighted by Gasteiger charge is -2.08. The number of ether oxygens (including phenoxy) is 2. The fourth-order valence-electron chi connectivity index (χ4n) is 2.18. The highest BCUT2D eigenvalue weighted by molar-refractivity contribution is 14.1. The van der Waals surface area contributed by atoms with E-state index in [1.165, 1.54) is 25.3 Å². The van der Waals surface area contributed by atoms with E-state index in [-0.39, 0.29) is 5.57 Å². The summed E-state index contributed by atoms with van der Waals surface area (Å²) >= 11 is 4.28. The zero-order valence-electron chi connectivity index (χ0n) is 14.4. The third-order valence-corrected chi connectivity index (χ3v) is 5.07. The molecule has 0 bridgehead atoms. The number of hydrogen-bond acceptors (Lipinski definition) is 5. The molecule has 0 unspecified atom stereocenters. The fourth-order valence-corrected chi connectivity index (χ4v) is 4.44. The maximum atomic E-state index is 12.4. The Morgan fingerprint density at radius 2 is 1.70 bits per heavy atom. The molecule has 0 radical (unpaired) electrons. The topological polar surface area (TPSA) is 88.4 Å². The van der Waals surface area contributed by atoms with E-state index in [1.807, 2.05) is 18.2 Å². The Bertz CT molecular complexity index is 924. The van der Waals surface area contributed by atoms with Crippen molar-refractivity contribution in [3.05, 3.63) is 60.2 Å². The molecule has 0 saturated heterocycles. The first-order valence-corrected chi connectivity index (χ1v) is 9.70. The first-order valence-electron chi connectivity index (χ1n) is 7.54. The van der Waals surface area contributed by atoms with Gasteiger partial charge in [-0.05, 0) is 93.2 Å². The number of anilines is 1. The van der Waals surface area contributed by atoms with Crippen LogP contribution in [0.5, 0.6) is 5.75 Å². The molecule has 2 aromatic rings. The summed E-state index contributed by atoms with van der Waals surface area (Å²) in [5, 5.41) is 12.0. The van der Waals surface area contributed by atoms with E-state index in [1.54, 1.807) is 19.2 Å². The maximum absolute atomic E-state index is 12.4. The van der Waals surface area contributed by atoms with E-state index in [2.05, 4.69) is 55.2 Å². The van der Waals surface area contributed by atoms with Crippen LogP contribution in [0.4, 0.5) is 5.69 Å². The summed E-state index contributed by atoms with van der Waals surface area (Å²) < 4.78 is 11.7. The zero-order valence-corrected chi connectivity index (χ0v) is 18.7. The van der Waals surface area contributed by atoms with Crippen LogP contribution in [0.2, 0.25) is 0 Å². The van der Waals surface area contributed by atoms with Gasteiger partial charge in [-0.25, -0.2) is 4.79 Å². The number of nitrogens with zero attached hydrogens (tertiary/aromatic N) is 1. The molecule has 138 valence electrons. The smallest absolute Gasteiger partial charge is 0.337 e. The molecule has 0 saturated carbocycles. The molecule has 0 heterocycles. The summed E-state index contributed by atoms with van der Waals surface area (Å²) in [5.41, 5.74) is 1.52. The van der Waals surface area contributed by atoms with Crippen LogP contribution >= 0.6 is 45.2 Å². The van der Waals surface area contributed by atoms with Gasteiger partial charge in [-0.3, -0.25) is 4.79 Å². The summed E-state index contributed by atoms with van der Waals surface area (Å²) in [7, 11) is 2.89. The van der Waals surface area contributed by atoms with E-state index in [0.29, 0.717) is 11.3 Å². The molecule has 2 rings (SSSR count). The van der Waals surface area contributed by atoms with Crippen LogP contribution in [0, 0.1) is 18.5 Å². The van der Waals surface area contributed by atoms with Crippen molar-refractivity contribution < 1.29 is 19.1 Å².